The van der Waals surface area contributed by atoms with E-state index in [1.165, 1.54) is 0 Å². The number of ether oxygens (including phenoxy) is 1. The lowest BCUT2D eigenvalue weighted by Crippen LogP contribution is -2.17. The van der Waals surface area contributed by atoms with Crippen molar-refractivity contribution in [2.75, 3.05) is 25.6 Å². The standard InChI is InChI=1S/C11H14N4O/c1-13-10-6-9(7-12)14-11(15-10)8-2-4-16-5-3-8/h6,8H,2-5H2,1H3,(H,13,14,15). The molecule has 84 valence electrons. The monoisotopic (exact) mass is 218 g/mol. The highest BCUT2D eigenvalue weighted by molar-refractivity contribution is 5.39. The van der Waals surface area contributed by atoms with Gasteiger partial charge in [0, 0.05) is 32.2 Å². The number of nitrogens with zero attached hydrogens (tertiary/aromatic N) is 3. The summed E-state index contributed by atoms with van der Waals surface area (Å²) in [6.07, 6.45) is 1.86. The van der Waals surface area contributed by atoms with Crippen LogP contribution in [0.15, 0.2) is 6.07 Å². The van der Waals surface area contributed by atoms with Crippen molar-refractivity contribution in [3.63, 3.8) is 0 Å². The first-order valence-electron chi connectivity index (χ1n) is 5.38. The number of aromatic nitrogens is 2. The smallest absolute Gasteiger partial charge is 0.146 e. The molecular formula is C11H14N4O. The maximum Gasteiger partial charge on any atom is 0.146 e. The van der Waals surface area contributed by atoms with Crippen LogP contribution in [0.2, 0.25) is 0 Å². The van der Waals surface area contributed by atoms with Crippen LogP contribution in [0.5, 0.6) is 0 Å². The van der Waals surface area contributed by atoms with Crippen molar-refractivity contribution in [3.8, 4) is 6.07 Å². The second kappa shape index (κ2) is 4.90. The van der Waals surface area contributed by atoms with Crippen LogP contribution < -0.4 is 5.32 Å². The number of hydrogen-bond donors (Lipinski definition) is 1. The minimum absolute atomic E-state index is 0.314. The minimum atomic E-state index is 0.314. The molecule has 1 aromatic heterocycles. The molecular weight excluding hydrogens is 204 g/mol. The van der Waals surface area contributed by atoms with Crippen LogP contribution in [0.25, 0.3) is 0 Å². The number of rotatable bonds is 2. The van der Waals surface area contributed by atoms with E-state index in [0.717, 1.165) is 31.9 Å². The molecule has 5 nitrogen and oxygen atoms in total. The summed E-state index contributed by atoms with van der Waals surface area (Å²) >= 11 is 0. The van der Waals surface area contributed by atoms with Gasteiger partial charge in [-0.05, 0) is 12.8 Å². The van der Waals surface area contributed by atoms with Gasteiger partial charge in [-0.1, -0.05) is 0 Å². The Morgan fingerprint density at radius 1 is 1.44 bits per heavy atom. The molecule has 0 unspecified atom stereocenters. The fourth-order valence-corrected chi connectivity index (χ4v) is 1.79. The lowest BCUT2D eigenvalue weighted by atomic mass is 9.99. The minimum Gasteiger partial charge on any atom is -0.381 e. The quantitative estimate of drug-likeness (QED) is 0.809. The van der Waals surface area contributed by atoms with Gasteiger partial charge in [0.05, 0.1) is 0 Å². The molecule has 16 heavy (non-hydrogen) atoms. The van der Waals surface area contributed by atoms with E-state index < -0.39 is 0 Å². The van der Waals surface area contributed by atoms with Gasteiger partial charge in [0.1, 0.15) is 23.4 Å². The first kappa shape index (κ1) is 10.8. The van der Waals surface area contributed by atoms with Crippen molar-refractivity contribution in [2.45, 2.75) is 18.8 Å². The van der Waals surface area contributed by atoms with E-state index in [1.54, 1.807) is 13.1 Å². The molecule has 1 aliphatic rings. The summed E-state index contributed by atoms with van der Waals surface area (Å²) in [7, 11) is 1.79. The Kier molecular flexibility index (Phi) is 3.32. The summed E-state index contributed by atoms with van der Waals surface area (Å²) in [6, 6.07) is 3.71. The number of nitriles is 1. The Morgan fingerprint density at radius 2 is 2.19 bits per heavy atom. The van der Waals surface area contributed by atoms with Gasteiger partial charge in [-0.25, -0.2) is 9.97 Å². The molecule has 2 heterocycles. The molecule has 2 rings (SSSR count). The second-order valence-electron chi connectivity index (χ2n) is 3.75. The van der Waals surface area contributed by atoms with Crippen LogP contribution >= 0.6 is 0 Å². The maximum atomic E-state index is 8.89. The zero-order chi connectivity index (χ0) is 11.4. The van der Waals surface area contributed by atoms with Crippen molar-refractivity contribution in [1.82, 2.24) is 9.97 Å². The van der Waals surface area contributed by atoms with Gasteiger partial charge in [-0.15, -0.1) is 0 Å². The molecule has 0 amide bonds. The summed E-state index contributed by atoms with van der Waals surface area (Å²) in [6.45, 7) is 1.50. The highest BCUT2D eigenvalue weighted by Gasteiger charge is 2.19. The molecule has 1 aromatic rings. The molecule has 0 aliphatic carbocycles. The van der Waals surface area contributed by atoms with Crippen molar-refractivity contribution in [3.05, 3.63) is 17.6 Å². The largest absolute Gasteiger partial charge is 0.381 e. The molecule has 0 saturated carbocycles. The predicted octanol–water partition coefficient (Wildman–Crippen LogP) is 1.28. The Labute approximate surface area is 94.5 Å². The fourth-order valence-electron chi connectivity index (χ4n) is 1.79. The van der Waals surface area contributed by atoms with Gasteiger partial charge in [0.2, 0.25) is 0 Å². The van der Waals surface area contributed by atoms with Crippen LogP contribution in [0.1, 0.15) is 30.3 Å². The van der Waals surface area contributed by atoms with E-state index in [-0.39, 0.29) is 0 Å². The highest BCUT2D eigenvalue weighted by Crippen LogP contribution is 2.25. The molecule has 1 fully saturated rings. The third kappa shape index (κ3) is 2.28. The van der Waals surface area contributed by atoms with Crippen LogP contribution in [0.3, 0.4) is 0 Å². The molecule has 1 N–H and O–H groups in total. The third-order valence-electron chi connectivity index (χ3n) is 2.70. The van der Waals surface area contributed by atoms with Gasteiger partial charge >= 0.3 is 0 Å². The number of anilines is 1. The summed E-state index contributed by atoms with van der Waals surface area (Å²) in [5.74, 6) is 1.77. The lowest BCUT2D eigenvalue weighted by Gasteiger charge is -2.21. The lowest BCUT2D eigenvalue weighted by molar-refractivity contribution is 0.0836. The van der Waals surface area contributed by atoms with E-state index in [2.05, 4.69) is 21.4 Å². The van der Waals surface area contributed by atoms with Crippen LogP contribution in [-0.4, -0.2) is 30.2 Å². The van der Waals surface area contributed by atoms with Gasteiger partial charge in [0.15, 0.2) is 0 Å². The normalized spacial score (nSPS) is 16.8. The molecule has 0 atom stereocenters. The van der Waals surface area contributed by atoms with Crippen LogP contribution in [0, 0.1) is 11.3 Å². The van der Waals surface area contributed by atoms with Crippen molar-refractivity contribution in [2.24, 2.45) is 0 Å². The van der Waals surface area contributed by atoms with Gasteiger partial charge in [-0.2, -0.15) is 5.26 Å². The third-order valence-corrected chi connectivity index (χ3v) is 2.70. The summed E-state index contributed by atoms with van der Waals surface area (Å²) < 4.78 is 5.30. The molecule has 1 saturated heterocycles. The van der Waals surface area contributed by atoms with E-state index >= 15 is 0 Å². The number of nitrogens with one attached hydrogen (secondary N) is 1. The topological polar surface area (TPSA) is 70.8 Å². The van der Waals surface area contributed by atoms with Crippen LogP contribution in [-0.2, 0) is 4.74 Å². The van der Waals surface area contributed by atoms with E-state index in [1.807, 2.05) is 0 Å². The average molecular weight is 218 g/mol. The molecule has 1 aliphatic heterocycles. The molecule has 0 spiro atoms. The van der Waals surface area contributed by atoms with Gasteiger partial charge in [0.25, 0.3) is 0 Å². The Bertz CT molecular complexity index is 407. The Hall–Kier alpha value is -1.67. The molecule has 0 radical (unpaired) electrons. The van der Waals surface area contributed by atoms with E-state index in [0.29, 0.717) is 17.4 Å². The predicted molar refractivity (Wildman–Crippen MR) is 59.1 cm³/mol. The molecule has 0 bridgehead atoms. The summed E-state index contributed by atoms with van der Waals surface area (Å²) in [4.78, 5) is 8.65. The Morgan fingerprint density at radius 3 is 2.81 bits per heavy atom. The summed E-state index contributed by atoms with van der Waals surface area (Å²) in [5.41, 5.74) is 0.417. The zero-order valence-electron chi connectivity index (χ0n) is 9.23. The Balaban J connectivity index is 2.28. The maximum absolute atomic E-state index is 8.89. The van der Waals surface area contributed by atoms with E-state index in [9.17, 15) is 0 Å². The summed E-state index contributed by atoms with van der Waals surface area (Å²) in [5, 5.41) is 11.8. The second-order valence-corrected chi connectivity index (χ2v) is 3.75. The zero-order valence-corrected chi connectivity index (χ0v) is 9.23. The first-order chi connectivity index (χ1) is 7.83. The van der Waals surface area contributed by atoms with Crippen LogP contribution in [0.4, 0.5) is 5.82 Å². The first-order valence-corrected chi connectivity index (χ1v) is 5.38. The van der Waals surface area contributed by atoms with E-state index in [4.69, 9.17) is 10.00 Å². The highest BCUT2D eigenvalue weighted by atomic mass is 16.5. The fraction of sp³-hybridized carbons (Fsp3) is 0.545. The average Bonchev–Trinajstić information content (AvgIpc) is 2.39. The van der Waals surface area contributed by atoms with Gasteiger partial charge in [-0.3, -0.25) is 0 Å². The van der Waals surface area contributed by atoms with Crippen molar-refractivity contribution in [1.29, 1.82) is 5.26 Å². The molecule has 5 heteroatoms. The SMILES string of the molecule is CNc1cc(C#N)nc(C2CCOCC2)n1. The van der Waals surface area contributed by atoms with Gasteiger partial charge < -0.3 is 10.1 Å². The number of hydrogen-bond acceptors (Lipinski definition) is 5. The molecule has 0 aromatic carbocycles. The van der Waals surface area contributed by atoms with Crippen molar-refractivity contribution >= 4 is 5.82 Å². The van der Waals surface area contributed by atoms with Crippen molar-refractivity contribution < 1.29 is 4.74 Å².